The third-order valence-electron chi connectivity index (χ3n) is 6.07. The minimum atomic E-state index is -0.0210. The van der Waals surface area contributed by atoms with E-state index in [0.717, 1.165) is 45.1 Å². The summed E-state index contributed by atoms with van der Waals surface area (Å²) < 4.78 is 17.8. The number of rotatable bonds is 6. The Morgan fingerprint density at radius 2 is 2.06 bits per heavy atom. The summed E-state index contributed by atoms with van der Waals surface area (Å²) >= 11 is 1.67. The zero-order valence-electron chi connectivity index (χ0n) is 18.8. The topological polar surface area (TPSA) is 77.7 Å². The lowest BCUT2D eigenvalue weighted by Crippen LogP contribution is -2.30. The van der Waals surface area contributed by atoms with Gasteiger partial charge in [-0.1, -0.05) is 17.3 Å². The molecule has 0 bridgehead atoms. The van der Waals surface area contributed by atoms with Gasteiger partial charge >= 0.3 is 0 Å². The van der Waals surface area contributed by atoms with Crippen LogP contribution in [0.25, 0.3) is 10.2 Å². The van der Waals surface area contributed by atoms with Gasteiger partial charge < -0.3 is 18.9 Å². The average Bonchev–Trinajstić information content (AvgIpc) is 3.55. The third kappa shape index (κ3) is 4.06. The Balaban J connectivity index is 1.36. The summed E-state index contributed by atoms with van der Waals surface area (Å²) in [7, 11) is 1.58. The van der Waals surface area contributed by atoms with Gasteiger partial charge in [-0.25, -0.2) is 4.98 Å². The normalized spacial score (nSPS) is 15.8. The number of aromatic nitrogens is 2. The molecule has 0 aliphatic carbocycles. The first-order valence-corrected chi connectivity index (χ1v) is 11.8. The molecule has 0 saturated carbocycles. The molecule has 1 aliphatic rings. The van der Waals surface area contributed by atoms with Crippen LogP contribution in [0, 0.1) is 13.8 Å². The molecule has 1 atom stereocenters. The van der Waals surface area contributed by atoms with E-state index in [4.69, 9.17) is 19.0 Å². The number of ether oxygens (including phenoxy) is 2. The largest absolute Gasteiger partial charge is 0.493 e. The van der Waals surface area contributed by atoms with Crippen molar-refractivity contribution < 1.29 is 18.8 Å². The molecule has 7 nitrogen and oxygen atoms in total. The van der Waals surface area contributed by atoms with E-state index in [1.165, 1.54) is 0 Å². The fourth-order valence-corrected chi connectivity index (χ4v) is 5.36. The van der Waals surface area contributed by atoms with E-state index in [9.17, 15) is 4.79 Å². The van der Waals surface area contributed by atoms with Crippen LogP contribution < -0.4 is 9.47 Å². The second-order valence-electron chi connectivity index (χ2n) is 8.13. The van der Waals surface area contributed by atoms with Gasteiger partial charge in [0.2, 0.25) is 0 Å². The Kier molecular flexibility index (Phi) is 5.76. The molecule has 4 aromatic rings. The first kappa shape index (κ1) is 21.5. The van der Waals surface area contributed by atoms with E-state index in [-0.39, 0.29) is 11.9 Å². The highest BCUT2D eigenvalue weighted by Crippen LogP contribution is 2.38. The van der Waals surface area contributed by atoms with Gasteiger partial charge in [-0.2, -0.15) is 0 Å². The Morgan fingerprint density at radius 1 is 1.21 bits per heavy atom. The van der Waals surface area contributed by atoms with Crippen LogP contribution in [0.1, 0.15) is 51.3 Å². The van der Waals surface area contributed by atoms with Crippen molar-refractivity contribution in [2.45, 2.75) is 39.3 Å². The fourth-order valence-electron chi connectivity index (χ4n) is 4.24. The lowest BCUT2D eigenvalue weighted by molar-refractivity contribution is 0.0735. The number of fused-ring (bicyclic) bond motifs is 1. The van der Waals surface area contributed by atoms with Gasteiger partial charge in [0.25, 0.3) is 5.91 Å². The monoisotopic (exact) mass is 463 g/mol. The van der Waals surface area contributed by atoms with Gasteiger partial charge in [-0.3, -0.25) is 4.79 Å². The number of hydrogen-bond donors (Lipinski definition) is 0. The minimum absolute atomic E-state index is 0.00337. The van der Waals surface area contributed by atoms with Crippen LogP contribution in [0.15, 0.2) is 47.0 Å². The molecule has 1 aliphatic heterocycles. The number of carbonyl (C=O) groups excluding carboxylic acids is 1. The first-order chi connectivity index (χ1) is 16.0. The zero-order chi connectivity index (χ0) is 22.9. The number of carbonyl (C=O) groups is 1. The highest BCUT2D eigenvalue weighted by molar-refractivity contribution is 7.18. The van der Waals surface area contributed by atoms with E-state index in [0.29, 0.717) is 30.2 Å². The molecule has 1 amide bonds. The van der Waals surface area contributed by atoms with Gasteiger partial charge in [-0.05, 0) is 57.0 Å². The predicted molar refractivity (Wildman–Crippen MR) is 126 cm³/mol. The zero-order valence-corrected chi connectivity index (χ0v) is 19.6. The molecular weight excluding hydrogens is 438 g/mol. The number of benzene rings is 2. The van der Waals surface area contributed by atoms with Crippen LogP contribution in [0.4, 0.5) is 0 Å². The van der Waals surface area contributed by atoms with Crippen molar-refractivity contribution in [2.24, 2.45) is 0 Å². The van der Waals surface area contributed by atoms with E-state index >= 15 is 0 Å². The van der Waals surface area contributed by atoms with Gasteiger partial charge in [0.1, 0.15) is 17.4 Å². The van der Waals surface area contributed by atoms with Crippen LogP contribution in [0.5, 0.6) is 11.5 Å². The predicted octanol–water partition coefficient (Wildman–Crippen LogP) is 5.47. The van der Waals surface area contributed by atoms with Crippen molar-refractivity contribution >= 4 is 27.5 Å². The fraction of sp³-hybridized carbons (Fsp3) is 0.320. The number of hydrogen-bond acceptors (Lipinski definition) is 7. The van der Waals surface area contributed by atoms with Crippen molar-refractivity contribution in [1.29, 1.82) is 0 Å². The molecule has 0 N–H and O–H groups in total. The molecule has 1 unspecified atom stereocenters. The van der Waals surface area contributed by atoms with Crippen LogP contribution in [-0.4, -0.2) is 34.6 Å². The summed E-state index contributed by atoms with van der Waals surface area (Å²) in [5, 5.41) is 4.95. The van der Waals surface area contributed by atoms with E-state index in [1.807, 2.05) is 36.9 Å². The van der Waals surface area contributed by atoms with Crippen LogP contribution in [0.3, 0.4) is 0 Å². The van der Waals surface area contributed by atoms with Gasteiger partial charge in [0.15, 0.2) is 11.5 Å². The quantitative estimate of drug-likeness (QED) is 0.378. The number of thiazole rings is 1. The molecule has 3 heterocycles. The Hall–Kier alpha value is -3.39. The summed E-state index contributed by atoms with van der Waals surface area (Å²) in [5.41, 5.74) is 3.27. The Labute approximate surface area is 195 Å². The second kappa shape index (κ2) is 8.86. The second-order valence-corrected chi connectivity index (χ2v) is 9.20. The number of aryl methyl sites for hydroxylation is 2. The SMILES string of the molecule is COc1cc(C(=O)N2CCCC2c2nc3ccccc3s2)ccc1OCc1c(C)noc1C. The molecule has 8 heteroatoms. The first-order valence-electron chi connectivity index (χ1n) is 10.9. The van der Waals surface area contributed by atoms with E-state index in [1.54, 1.807) is 36.6 Å². The van der Waals surface area contributed by atoms with E-state index in [2.05, 4.69) is 11.2 Å². The molecule has 1 fully saturated rings. The molecule has 170 valence electrons. The maximum absolute atomic E-state index is 13.4. The number of amides is 1. The van der Waals surface area contributed by atoms with Crippen LogP contribution >= 0.6 is 11.3 Å². The van der Waals surface area contributed by atoms with Gasteiger partial charge in [0.05, 0.1) is 34.6 Å². The maximum atomic E-state index is 13.4. The molecule has 2 aromatic heterocycles. The van der Waals surface area contributed by atoms with Crippen molar-refractivity contribution in [3.8, 4) is 11.5 Å². The van der Waals surface area contributed by atoms with Crippen LogP contribution in [0.2, 0.25) is 0 Å². The van der Waals surface area contributed by atoms with Crippen LogP contribution in [-0.2, 0) is 6.61 Å². The molecule has 33 heavy (non-hydrogen) atoms. The van der Waals surface area contributed by atoms with Gasteiger partial charge in [0, 0.05) is 12.1 Å². The Morgan fingerprint density at radius 3 is 2.82 bits per heavy atom. The summed E-state index contributed by atoms with van der Waals surface area (Å²) in [6.45, 7) is 4.77. The highest BCUT2D eigenvalue weighted by Gasteiger charge is 2.33. The maximum Gasteiger partial charge on any atom is 0.254 e. The van der Waals surface area contributed by atoms with Crippen molar-refractivity contribution in [2.75, 3.05) is 13.7 Å². The Bertz CT molecular complexity index is 1260. The number of likely N-dealkylation sites (tertiary alicyclic amines) is 1. The lowest BCUT2D eigenvalue weighted by atomic mass is 10.1. The van der Waals surface area contributed by atoms with Crippen molar-refractivity contribution in [1.82, 2.24) is 15.0 Å². The molecule has 0 spiro atoms. The number of nitrogens with zero attached hydrogens (tertiary/aromatic N) is 3. The number of para-hydroxylation sites is 1. The molecular formula is C25H25N3O4S. The highest BCUT2D eigenvalue weighted by atomic mass is 32.1. The molecule has 2 aromatic carbocycles. The number of methoxy groups -OCH3 is 1. The standard InChI is InChI=1S/C25H25N3O4S/c1-15-18(16(2)32-27-15)14-31-21-11-10-17(13-22(21)30-3)25(29)28-12-6-8-20(28)24-26-19-7-4-5-9-23(19)33-24/h4-5,7,9-11,13,20H,6,8,12,14H2,1-3H3. The molecule has 0 radical (unpaired) electrons. The third-order valence-corrected chi connectivity index (χ3v) is 7.21. The molecule has 5 rings (SSSR count). The smallest absolute Gasteiger partial charge is 0.254 e. The van der Waals surface area contributed by atoms with Crippen molar-refractivity contribution in [3.63, 3.8) is 0 Å². The van der Waals surface area contributed by atoms with E-state index < -0.39 is 0 Å². The summed E-state index contributed by atoms with van der Waals surface area (Å²) in [6, 6.07) is 13.4. The summed E-state index contributed by atoms with van der Waals surface area (Å²) in [6.07, 6.45) is 1.88. The van der Waals surface area contributed by atoms with Gasteiger partial charge in [-0.15, -0.1) is 11.3 Å². The minimum Gasteiger partial charge on any atom is -0.493 e. The lowest BCUT2D eigenvalue weighted by Gasteiger charge is -2.23. The van der Waals surface area contributed by atoms with Crippen molar-refractivity contribution in [3.05, 3.63) is 70.1 Å². The average molecular weight is 464 g/mol. The molecule has 1 saturated heterocycles. The summed E-state index contributed by atoms with van der Waals surface area (Å²) in [4.78, 5) is 20.2. The summed E-state index contributed by atoms with van der Waals surface area (Å²) in [5.74, 6) is 1.79.